The number of likely N-dealkylation sites (tertiary alicyclic amines) is 1. The Morgan fingerprint density at radius 3 is 2.65 bits per heavy atom. The van der Waals surface area contributed by atoms with Crippen molar-refractivity contribution < 1.29 is 9.59 Å². The molecular formula is C17H21NO2. The Morgan fingerprint density at radius 2 is 1.90 bits per heavy atom. The van der Waals surface area contributed by atoms with Gasteiger partial charge in [-0.2, -0.15) is 0 Å². The van der Waals surface area contributed by atoms with Crippen molar-refractivity contribution in [1.29, 1.82) is 0 Å². The highest BCUT2D eigenvalue weighted by molar-refractivity contribution is 6.01. The monoisotopic (exact) mass is 271 g/mol. The lowest BCUT2D eigenvalue weighted by molar-refractivity contribution is -0.136. The van der Waals surface area contributed by atoms with Crippen LogP contribution in [0.5, 0.6) is 0 Å². The average molecular weight is 271 g/mol. The summed E-state index contributed by atoms with van der Waals surface area (Å²) < 4.78 is 0. The number of ketones is 1. The fourth-order valence-corrected chi connectivity index (χ4v) is 3.43. The van der Waals surface area contributed by atoms with Crippen molar-refractivity contribution in [2.75, 3.05) is 13.1 Å². The molecule has 0 N–H and O–H groups in total. The standard InChI is InChI=1S/C17H21NO2/c1-12-6-5-7-14-15(12)10-13(11-16(14)19)17(20)18-8-3-2-4-9-18/h5-7,13H,2-4,8-11H2,1H3. The molecule has 1 aliphatic carbocycles. The first-order valence-corrected chi connectivity index (χ1v) is 7.57. The molecule has 3 rings (SSSR count). The minimum absolute atomic E-state index is 0.130. The Labute approximate surface area is 120 Å². The number of amides is 1. The number of Topliss-reactive ketones (excluding diaryl/α,β-unsaturated/α-hetero) is 1. The molecule has 1 aromatic rings. The number of benzene rings is 1. The lowest BCUT2D eigenvalue weighted by atomic mass is 9.80. The van der Waals surface area contributed by atoms with Crippen LogP contribution in [0.4, 0.5) is 0 Å². The third-order valence-electron chi connectivity index (χ3n) is 4.61. The van der Waals surface area contributed by atoms with Gasteiger partial charge in [-0.05, 0) is 43.7 Å². The van der Waals surface area contributed by atoms with Crippen molar-refractivity contribution in [3.05, 3.63) is 34.9 Å². The fraction of sp³-hybridized carbons (Fsp3) is 0.529. The summed E-state index contributed by atoms with van der Waals surface area (Å²) in [5, 5.41) is 0. The molecule has 0 bridgehead atoms. The van der Waals surface area contributed by atoms with Crippen molar-refractivity contribution in [3.8, 4) is 0 Å². The van der Waals surface area contributed by atoms with Crippen molar-refractivity contribution in [2.24, 2.45) is 5.92 Å². The minimum atomic E-state index is -0.144. The molecular weight excluding hydrogens is 250 g/mol. The van der Waals surface area contributed by atoms with Crippen LogP contribution in [0, 0.1) is 12.8 Å². The van der Waals surface area contributed by atoms with E-state index < -0.39 is 0 Å². The molecule has 0 aromatic heterocycles. The molecule has 3 heteroatoms. The molecule has 2 aliphatic rings. The number of fused-ring (bicyclic) bond motifs is 1. The van der Waals surface area contributed by atoms with E-state index in [0.717, 1.165) is 49.0 Å². The predicted octanol–water partition coefficient (Wildman–Crippen LogP) is 2.75. The van der Waals surface area contributed by atoms with E-state index in [1.54, 1.807) is 0 Å². The van der Waals surface area contributed by atoms with Crippen LogP contribution < -0.4 is 0 Å². The summed E-state index contributed by atoms with van der Waals surface area (Å²) in [5.41, 5.74) is 3.04. The van der Waals surface area contributed by atoms with E-state index in [-0.39, 0.29) is 17.6 Å². The van der Waals surface area contributed by atoms with Crippen molar-refractivity contribution in [2.45, 2.75) is 39.0 Å². The quantitative estimate of drug-likeness (QED) is 0.787. The molecule has 3 nitrogen and oxygen atoms in total. The molecule has 1 atom stereocenters. The highest BCUT2D eigenvalue weighted by atomic mass is 16.2. The van der Waals surface area contributed by atoms with Gasteiger partial charge in [0.15, 0.2) is 5.78 Å². The van der Waals surface area contributed by atoms with Gasteiger partial charge in [0.05, 0.1) is 0 Å². The molecule has 106 valence electrons. The Kier molecular flexibility index (Phi) is 3.60. The van der Waals surface area contributed by atoms with Crippen LogP contribution in [0.2, 0.25) is 0 Å². The normalized spacial score (nSPS) is 22.6. The van der Waals surface area contributed by atoms with Gasteiger partial charge in [0.1, 0.15) is 0 Å². The topological polar surface area (TPSA) is 37.4 Å². The van der Waals surface area contributed by atoms with Crippen LogP contribution in [-0.4, -0.2) is 29.7 Å². The highest BCUT2D eigenvalue weighted by Gasteiger charge is 2.33. The van der Waals surface area contributed by atoms with Gasteiger partial charge in [-0.25, -0.2) is 0 Å². The zero-order chi connectivity index (χ0) is 14.1. The molecule has 20 heavy (non-hydrogen) atoms. The van der Waals surface area contributed by atoms with Crippen LogP contribution in [0.1, 0.15) is 47.2 Å². The second-order valence-corrected chi connectivity index (χ2v) is 6.02. The number of carbonyl (C=O) groups excluding carboxylic acids is 2. The van der Waals surface area contributed by atoms with Crippen molar-refractivity contribution >= 4 is 11.7 Å². The molecule has 1 amide bonds. The number of aryl methyl sites for hydroxylation is 1. The van der Waals surface area contributed by atoms with E-state index in [2.05, 4.69) is 0 Å². The maximum atomic E-state index is 12.6. The summed E-state index contributed by atoms with van der Waals surface area (Å²) in [4.78, 5) is 26.8. The molecule has 1 aliphatic heterocycles. The summed E-state index contributed by atoms with van der Waals surface area (Å²) in [6.07, 6.45) is 4.52. The second kappa shape index (κ2) is 5.39. The summed E-state index contributed by atoms with van der Waals surface area (Å²) in [5.74, 6) is 0.173. The third kappa shape index (κ3) is 2.37. The number of rotatable bonds is 1. The number of nitrogens with zero attached hydrogens (tertiary/aromatic N) is 1. The number of hydrogen-bond acceptors (Lipinski definition) is 2. The first kappa shape index (κ1) is 13.3. The Hall–Kier alpha value is -1.64. The van der Waals surface area contributed by atoms with E-state index in [1.807, 2.05) is 30.0 Å². The second-order valence-electron chi connectivity index (χ2n) is 6.02. The zero-order valence-electron chi connectivity index (χ0n) is 12.0. The number of hydrogen-bond donors (Lipinski definition) is 0. The maximum Gasteiger partial charge on any atom is 0.226 e. The van der Waals surface area contributed by atoms with E-state index in [4.69, 9.17) is 0 Å². The SMILES string of the molecule is Cc1cccc2c1CC(C(=O)N1CCCCC1)CC2=O. The first-order valence-electron chi connectivity index (χ1n) is 7.57. The number of carbonyl (C=O) groups is 2. The van der Waals surface area contributed by atoms with Gasteiger partial charge in [0.25, 0.3) is 0 Å². The molecule has 1 aromatic carbocycles. The number of piperidine rings is 1. The summed E-state index contributed by atoms with van der Waals surface area (Å²) in [6, 6.07) is 5.85. The first-order chi connectivity index (χ1) is 9.66. The van der Waals surface area contributed by atoms with Crippen LogP contribution in [0.25, 0.3) is 0 Å². The Balaban J connectivity index is 1.82. The Bertz CT molecular complexity index is 544. The van der Waals surface area contributed by atoms with Gasteiger partial charge in [-0.15, -0.1) is 0 Å². The largest absolute Gasteiger partial charge is 0.342 e. The van der Waals surface area contributed by atoms with Crippen LogP contribution in [-0.2, 0) is 11.2 Å². The van der Waals surface area contributed by atoms with Crippen LogP contribution >= 0.6 is 0 Å². The molecule has 0 saturated carbocycles. The average Bonchev–Trinajstić information content (AvgIpc) is 2.48. The molecule has 0 spiro atoms. The smallest absolute Gasteiger partial charge is 0.226 e. The predicted molar refractivity (Wildman–Crippen MR) is 77.8 cm³/mol. The highest BCUT2D eigenvalue weighted by Crippen LogP contribution is 2.29. The molecule has 0 radical (unpaired) electrons. The summed E-state index contributed by atoms with van der Waals surface area (Å²) in [6.45, 7) is 3.76. The lowest BCUT2D eigenvalue weighted by Crippen LogP contribution is -2.42. The van der Waals surface area contributed by atoms with E-state index >= 15 is 0 Å². The van der Waals surface area contributed by atoms with Crippen LogP contribution in [0.3, 0.4) is 0 Å². The van der Waals surface area contributed by atoms with Crippen molar-refractivity contribution in [3.63, 3.8) is 0 Å². The van der Waals surface area contributed by atoms with Gasteiger partial charge >= 0.3 is 0 Å². The van der Waals surface area contributed by atoms with Gasteiger partial charge in [-0.1, -0.05) is 18.2 Å². The zero-order valence-corrected chi connectivity index (χ0v) is 12.0. The van der Waals surface area contributed by atoms with Gasteiger partial charge in [0.2, 0.25) is 5.91 Å². The summed E-state index contributed by atoms with van der Waals surface area (Å²) >= 11 is 0. The van der Waals surface area contributed by atoms with E-state index in [0.29, 0.717) is 6.42 Å². The molecule has 1 saturated heterocycles. The molecule has 1 heterocycles. The maximum absolute atomic E-state index is 12.6. The summed E-state index contributed by atoms with van der Waals surface area (Å²) in [7, 11) is 0. The van der Waals surface area contributed by atoms with Crippen LogP contribution in [0.15, 0.2) is 18.2 Å². The van der Waals surface area contributed by atoms with E-state index in [1.165, 1.54) is 6.42 Å². The molecule has 1 fully saturated rings. The van der Waals surface area contributed by atoms with Gasteiger partial charge in [-0.3, -0.25) is 9.59 Å². The third-order valence-corrected chi connectivity index (χ3v) is 4.61. The molecule has 1 unspecified atom stereocenters. The minimum Gasteiger partial charge on any atom is -0.342 e. The lowest BCUT2D eigenvalue weighted by Gasteiger charge is -2.32. The fourth-order valence-electron chi connectivity index (χ4n) is 3.43. The van der Waals surface area contributed by atoms with E-state index in [9.17, 15) is 9.59 Å². The Morgan fingerprint density at radius 1 is 1.15 bits per heavy atom. The van der Waals surface area contributed by atoms with Gasteiger partial charge < -0.3 is 4.90 Å². The van der Waals surface area contributed by atoms with Crippen molar-refractivity contribution in [1.82, 2.24) is 4.90 Å². The van der Waals surface area contributed by atoms with Gasteiger partial charge in [0, 0.05) is 31.0 Å².